The van der Waals surface area contributed by atoms with Crippen LogP contribution in [-0.2, 0) is 22.4 Å². The van der Waals surface area contributed by atoms with Crippen molar-refractivity contribution in [3.8, 4) is 0 Å². The normalized spacial score (nSPS) is 16.8. The molecule has 0 radical (unpaired) electrons. The topological polar surface area (TPSA) is 49.4 Å². The van der Waals surface area contributed by atoms with Gasteiger partial charge in [-0.1, -0.05) is 12.1 Å². The highest BCUT2D eigenvalue weighted by Gasteiger charge is 2.28. The number of anilines is 1. The lowest BCUT2D eigenvalue weighted by molar-refractivity contribution is -0.133. The molecule has 0 aliphatic carbocycles. The first-order valence-electron chi connectivity index (χ1n) is 7.77. The van der Waals surface area contributed by atoms with Crippen molar-refractivity contribution >= 4 is 28.8 Å². The summed E-state index contributed by atoms with van der Waals surface area (Å²) in [5.41, 5.74) is 3.01. The molecular weight excluding hydrogens is 308 g/mol. The maximum atomic E-state index is 12.6. The molecule has 2 heterocycles. The summed E-state index contributed by atoms with van der Waals surface area (Å²) >= 11 is 1.78. The van der Waals surface area contributed by atoms with Crippen molar-refractivity contribution in [1.29, 1.82) is 0 Å². The Hall–Kier alpha value is -2.14. The van der Waals surface area contributed by atoms with E-state index in [1.165, 1.54) is 17.4 Å². The molecule has 0 bridgehead atoms. The fraction of sp³-hybridized carbons (Fsp3) is 0.333. The monoisotopic (exact) mass is 328 g/mol. The zero-order valence-electron chi connectivity index (χ0n) is 13.3. The number of nitrogens with zero attached hydrogens (tertiary/aromatic N) is 1. The standard InChI is InChI=1S/C18H20N2O2S/c1-12-16-8-10-23-17(16)7-9-20(12)18(22)11-14-3-5-15(6-4-14)19-13(2)21/h3-6,8,10,12H,7,9,11H2,1-2H3,(H,19,21). The highest BCUT2D eigenvalue weighted by Crippen LogP contribution is 2.33. The highest BCUT2D eigenvalue weighted by molar-refractivity contribution is 7.10. The van der Waals surface area contributed by atoms with Crippen LogP contribution in [0.2, 0.25) is 0 Å². The van der Waals surface area contributed by atoms with E-state index < -0.39 is 0 Å². The molecule has 4 nitrogen and oxygen atoms in total. The molecule has 1 unspecified atom stereocenters. The lowest BCUT2D eigenvalue weighted by Gasteiger charge is -2.33. The number of fused-ring (bicyclic) bond motifs is 1. The smallest absolute Gasteiger partial charge is 0.227 e. The number of rotatable bonds is 3. The highest BCUT2D eigenvalue weighted by atomic mass is 32.1. The number of hydrogen-bond acceptors (Lipinski definition) is 3. The summed E-state index contributed by atoms with van der Waals surface area (Å²) in [5.74, 6) is 0.0594. The van der Waals surface area contributed by atoms with Crippen LogP contribution in [0.25, 0.3) is 0 Å². The average Bonchev–Trinajstić information content (AvgIpc) is 2.98. The molecule has 0 fully saturated rings. The van der Waals surface area contributed by atoms with Gasteiger partial charge >= 0.3 is 0 Å². The molecule has 1 aliphatic heterocycles. The Balaban J connectivity index is 1.66. The van der Waals surface area contributed by atoms with Gasteiger partial charge in [-0.3, -0.25) is 9.59 Å². The van der Waals surface area contributed by atoms with Gasteiger partial charge < -0.3 is 10.2 Å². The molecule has 1 aromatic heterocycles. The van der Waals surface area contributed by atoms with Crippen LogP contribution in [0, 0.1) is 0 Å². The lowest BCUT2D eigenvalue weighted by Crippen LogP contribution is -2.39. The molecule has 0 saturated carbocycles. The first kappa shape index (κ1) is 15.7. The van der Waals surface area contributed by atoms with Crippen LogP contribution in [0.5, 0.6) is 0 Å². The third-order valence-corrected chi connectivity index (χ3v) is 5.22. The fourth-order valence-corrected chi connectivity index (χ4v) is 4.00. The van der Waals surface area contributed by atoms with Crippen LogP contribution in [0.3, 0.4) is 0 Å². The van der Waals surface area contributed by atoms with Crippen molar-refractivity contribution in [2.24, 2.45) is 0 Å². The van der Waals surface area contributed by atoms with Crippen LogP contribution in [0.1, 0.15) is 35.9 Å². The summed E-state index contributed by atoms with van der Waals surface area (Å²) in [5, 5.41) is 4.84. The number of nitrogens with one attached hydrogen (secondary N) is 1. The van der Waals surface area contributed by atoms with E-state index in [0.29, 0.717) is 6.42 Å². The van der Waals surface area contributed by atoms with E-state index in [1.807, 2.05) is 29.2 Å². The second-order valence-corrected chi connectivity index (χ2v) is 6.87. The van der Waals surface area contributed by atoms with E-state index in [-0.39, 0.29) is 17.9 Å². The minimum absolute atomic E-state index is 0.0949. The predicted octanol–water partition coefficient (Wildman–Crippen LogP) is 3.39. The van der Waals surface area contributed by atoms with E-state index >= 15 is 0 Å². The molecule has 1 aliphatic rings. The zero-order valence-corrected chi connectivity index (χ0v) is 14.2. The van der Waals surface area contributed by atoms with Gasteiger partial charge in [0.1, 0.15) is 0 Å². The van der Waals surface area contributed by atoms with Gasteiger partial charge in [0.05, 0.1) is 12.5 Å². The Morgan fingerprint density at radius 3 is 2.70 bits per heavy atom. The molecular formula is C18H20N2O2S. The number of carbonyl (C=O) groups is 2. The van der Waals surface area contributed by atoms with Crippen molar-refractivity contribution in [2.75, 3.05) is 11.9 Å². The van der Waals surface area contributed by atoms with Crippen molar-refractivity contribution in [3.63, 3.8) is 0 Å². The van der Waals surface area contributed by atoms with Crippen LogP contribution < -0.4 is 5.32 Å². The largest absolute Gasteiger partial charge is 0.335 e. The second-order valence-electron chi connectivity index (χ2n) is 5.87. The summed E-state index contributed by atoms with van der Waals surface area (Å²) in [7, 11) is 0. The Morgan fingerprint density at radius 1 is 1.26 bits per heavy atom. The SMILES string of the molecule is CC(=O)Nc1ccc(CC(=O)N2CCc3sccc3C2C)cc1. The molecule has 2 amide bonds. The van der Waals surface area contributed by atoms with Crippen molar-refractivity contribution < 1.29 is 9.59 Å². The molecule has 0 saturated heterocycles. The number of hydrogen-bond donors (Lipinski definition) is 1. The number of carbonyl (C=O) groups excluding carboxylic acids is 2. The Kier molecular flexibility index (Phi) is 4.48. The quantitative estimate of drug-likeness (QED) is 0.939. The van der Waals surface area contributed by atoms with E-state index in [4.69, 9.17) is 0 Å². The zero-order chi connectivity index (χ0) is 16.4. The van der Waals surface area contributed by atoms with E-state index in [0.717, 1.165) is 24.2 Å². The molecule has 23 heavy (non-hydrogen) atoms. The number of benzene rings is 1. The summed E-state index contributed by atoms with van der Waals surface area (Å²) in [6.45, 7) is 4.37. The summed E-state index contributed by atoms with van der Waals surface area (Å²) in [4.78, 5) is 27.0. The molecule has 5 heteroatoms. The molecule has 0 spiro atoms. The van der Waals surface area contributed by atoms with Gasteiger partial charge in [-0.15, -0.1) is 11.3 Å². The van der Waals surface area contributed by atoms with Gasteiger partial charge in [-0.25, -0.2) is 0 Å². The van der Waals surface area contributed by atoms with Gasteiger partial charge in [0.25, 0.3) is 0 Å². The Labute approximate surface area is 140 Å². The Bertz CT molecular complexity index is 721. The molecule has 1 N–H and O–H groups in total. The van der Waals surface area contributed by atoms with E-state index in [1.54, 1.807) is 11.3 Å². The van der Waals surface area contributed by atoms with Gasteiger partial charge in [-0.05, 0) is 48.1 Å². The van der Waals surface area contributed by atoms with Gasteiger partial charge in [-0.2, -0.15) is 0 Å². The van der Waals surface area contributed by atoms with Crippen LogP contribution >= 0.6 is 11.3 Å². The molecule has 1 atom stereocenters. The fourth-order valence-electron chi connectivity index (χ4n) is 3.04. The first-order valence-corrected chi connectivity index (χ1v) is 8.65. The number of thiophene rings is 1. The summed E-state index contributed by atoms with van der Waals surface area (Å²) in [6, 6.07) is 9.74. The maximum absolute atomic E-state index is 12.6. The summed E-state index contributed by atoms with van der Waals surface area (Å²) < 4.78 is 0. The van der Waals surface area contributed by atoms with Crippen LogP contribution in [0.4, 0.5) is 5.69 Å². The lowest BCUT2D eigenvalue weighted by atomic mass is 10.0. The molecule has 3 rings (SSSR count). The minimum Gasteiger partial charge on any atom is -0.335 e. The minimum atomic E-state index is -0.0949. The third-order valence-electron chi connectivity index (χ3n) is 4.23. The molecule has 2 aromatic rings. The van der Waals surface area contributed by atoms with Crippen molar-refractivity contribution in [1.82, 2.24) is 4.90 Å². The number of amides is 2. The van der Waals surface area contributed by atoms with Gasteiger partial charge in [0.2, 0.25) is 11.8 Å². The third kappa shape index (κ3) is 3.45. The maximum Gasteiger partial charge on any atom is 0.227 e. The molecule has 1 aromatic carbocycles. The second kappa shape index (κ2) is 6.54. The summed E-state index contributed by atoms with van der Waals surface area (Å²) in [6.07, 6.45) is 1.34. The van der Waals surface area contributed by atoms with E-state index in [9.17, 15) is 9.59 Å². The Morgan fingerprint density at radius 2 is 2.00 bits per heavy atom. The van der Waals surface area contributed by atoms with Crippen LogP contribution in [0.15, 0.2) is 35.7 Å². The van der Waals surface area contributed by atoms with Gasteiger partial charge in [0, 0.05) is 24.0 Å². The van der Waals surface area contributed by atoms with E-state index in [2.05, 4.69) is 23.7 Å². The van der Waals surface area contributed by atoms with Crippen molar-refractivity contribution in [3.05, 3.63) is 51.7 Å². The van der Waals surface area contributed by atoms with Crippen molar-refractivity contribution in [2.45, 2.75) is 32.7 Å². The first-order chi connectivity index (χ1) is 11.0. The van der Waals surface area contributed by atoms with Crippen LogP contribution in [-0.4, -0.2) is 23.3 Å². The van der Waals surface area contributed by atoms with Gasteiger partial charge in [0.15, 0.2) is 0 Å². The predicted molar refractivity (Wildman–Crippen MR) is 92.6 cm³/mol. The average molecular weight is 328 g/mol. The molecule has 120 valence electrons.